The van der Waals surface area contributed by atoms with Gasteiger partial charge in [0.2, 0.25) is 0 Å². The molecule has 0 bridgehead atoms. The number of unbranched alkanes of at least 4 members (excludes halogenated alkanes) is 6. The highest BCUT2D eigenvalue weighted by Crippen LogP contribution is 2.34. The van der Waals surface area contributed by atoms with Crippen molar-refractivity contribution in [3.8, 4) is 0 Å². The lowest BCUT2D eigenvalue weighted by molar-refractivity contribution is 0.290. The minimum atomic E-state index is 0.612. The van der Waals surface area contributed by atoms with Gasteiger partial charge in [-0.1, -0.05) is 72.1 Å². The van der Waals surface area contributed by atoms with E-state index < -0.39 is 0 Å². The van der Waals surface area contributed by atoms with Gasteiger partial charge in [0.25, 0.3) is 0 Å². The summed E-state index contributed by atoms with van der Waals surface area (Å²) in [6.07, 6.45) is 16.5. The molecule has 0 aliphatic heterocycles. The predicted octanol–water partition coefficient (Wildman–Crippen LogP) is 6.30. The standard InChI is InChI=1S/C16H34S/c1-5-7-9-11-13-16(3,15-17-4)14-12-10-8-6-2/h5-15H2,1-4H3. The summed E-state index contributed by atoms with van der Waals surface area (Å²) < 4.78 is 0. The minimum absolute atomic E-state index is 0.612. The summed E-state index contributed by atoms with van der Waals surface area (Å²) in [7, 11) is 0. The molecule has 0 N–H and O–H groups in total. The van der Waals surface area contributed by atoms with Crippen molar-refractivity contribution in [3.05, 3.63) is 0 Å². The van der Waals surface area contributed by atoms with E-state index in [9.17, 15) is 0 Å². The van der Waals surface area contributed by atoms with Crippen LogP contribution in [0, 0.1) is 5.41 Å². The third kappa shape index (κ3) is 10.00. The molecule has 0 saturated carbocycles. The van der Waals surface area contributed by atoms with E-state index in [4.69, 9.17) is 0 Å². The van der Waals surface area contributed by atoms with E-state index in [1.165, 1.54) is 70.0 Å². The van der Waals surface area contributed by atoms with E-state index in [1.54, 1.807) is 0 Å². The molecule has 0 aliphatic carbocycles. The summed E-state index contributed by atoms with van der Waals surface area (Å²) in [6.45, 7) is 7.11. The highest BCUT2D eigenvalue weighted by atomic mass is 32.2. The fourth-order valence-electron chi connectivity index (χ4n) is 2.57. The van der Waals surface area contributed by atoms with Gasteiger partial charge >= 0.3 is 0 Å². The molecule has 0 rings (SSSR count). The third-order valence-corrected chi connectivity index (χ3v) is 4.75. The highest BCUT2D eigenvalue weighted by molar-refractivity contribution is 7.98. The lowest BCUT2D eigenvalue weighted by Crippen LogP contribution is -2.19. The van der Waals surface area contributed by atoms with Crippen molar-refractivity contribution in [2.75, 3.05) is 12.0 Å². The van der Waals surface area contributed by atoms with Crippen LogP contribution in [-0.2, 0) is 0 Å². The average Bonchev–Trinajstić information content (AvgIpc) is 2.31. The highest BCUT2D eigenvalue weighted by Gasteiger charge is 2.22. The first-order valence-electron chi connectivity index (χ1n) is 7.67. The Hall–Kier alpha value is 0.350. The molecular formula is C16H34S. The Balaban J connectivity index is 3.80. The van der Waals surface area contributed by atoms with Crippen LogP contribution in [0.5, 0.6) is 0 Å². The fourth-order valence-corrected chi connectivity index (χ4v) is 3.56. The van der Waals surface area contributed by atoms with E-state index in [0.29, 0.717) is 5.41 Å². The van der Waals surface area contributed by atoms with Crippen LogP contribution in [0.2, 0.25) is 0 Å². The molecular weight excluding hydrogens is 224 g/mol. The average molecular weight is 259 g/mol. The Kier molecular flexibility index (Phi) is 11.7. The number of hydrogen-bond acceptors (Lipinski definition) is 1. The zero-order valence-electron chi connectivity index (χ0n) is 12.7. The van der Waals surface area contributed by atoms with Gasteiger partial charge in [0, 0.05) is 0 Å². The maximum absolute atomic E-state index is 2.52. The third-order valence-electron chi connectivity index (χ3n) is 3.76. The van der Waals surface area contributed by atoms with Gasteiger partial charge in [-0.15, -0.1) is 0 Å². The minimum Gasteiger partial charge on any atom is -0.165 e. The first-order valence-corrected chi connectivity index (χ1v) is 9.07. The normalized spacial score (nSPS) is 12.0. The van der Waals surface area contributed by atoms with Crippen molar-refractivity contribution in [1.29, 1.82) is 0 Å². The van der Waals surface area contributed by atoms with Crippen LogP contribution in [0.4, 0.5) is 0 Å². The van der Waals surface area contributed by atoms with Gasteiger partial charge in [-0.3, -0.25) is 0 Å². The van der Waals surface area contributed by atoms with Crippen molar-refractivity contribution in [1.82, 2.24) is 0 Å². The summed E-state index contributed by atoms with van der Waals surface area (Å²) in [6, 6.07) is 0. The lowest BCUT2D eigenvalue weighted by Gasteiger charge is -2.29. The number of rotatable bonds is 12. The number of hydrogen-bond donors (Lipinski definition) is 0. The second-order valence-electron chi connectivity index (χ2n) is 5.86. The van der Waals surface area contributed by atoms with Gasteiger partial charge in [-0.25, -0.2) is 0 Å². The Morgan fingerprint density at radius 3 is 1.59 bits per heavy atom. The molecule has 0 radical (unpaired) electrons. The monoisotopic (exact) mass is 258 g/mol. The Bertz CT molecular complexity index is 142. The second kappa shape index (κ2) is 11.4. The zero-order chi connectivity index (χ0) is 13.0. The summed E-state index contributed by atoms with van der Waals surface area (Å²) in [5, 5.41) is 0. The molecule has 0 fully saturated rings. The molecule has 0 saturated heterocycles. The number of thioether (sulfide) groups is 1. The molecule has 0 atom stereocenters. The lowest BCUT2D eigenvalue weighted by atomic mass is 9.81. The molecule has 0 aromatic heterocycles. The van der Waals surface area contributed by atoms with Crippen molar-refractivity contribution in [2.24, 2.45) is 5.41 Å². The van der Waals surface area contributed by atoms with Gasteiger partial charge in [0.15, 0.2) is 0 Å². The molecule has 0 nitrogen and oxygen atoms in total. The largest absolute Gasteiger partial charge is 0.165 e. The van der Waals surface area contributed by atoms with Gasteiger partial charge in [-0.05, 0) is 30.3 Å². The maximum atomic E-state index is 2.52. The Morgan fingerprint density at radius 1 is 0.765 bits per heavy atom. The quantitative estimate of drug-likeness (QED) is 0.370. The van der Waals surface area contributed by atoms with Crippen LogP contribution in [0.25, 0.3) is 0 Å². The van der Waals surface area contributed by atoms with E-state index in [2.05, 4.69) is 27.0 Å². The summed E-state index contributed by atoms with van der Waals surface area (Å²) in [5.41, 5.74) is 0.612. The Morgan fingerprint density at radius 2 is 1.24 bits per heavy atom. The predicted molar refractivity (Wildman–Crippen MR) is 84.0 cm³/mol. The maximum Gasteiger partial charge on any atom is -0.00162 e. The van der Waals surface area contributed by atoms with Crippen LogP contribution in [0.1, 0.15) is 85.0 Å². The van der Waals surface area contributed by atoms with E-state index >= 15 is 0 Å². The molecule has 1 heteroatoms. The van der Waals surface area contributed by atoms with E-state index in [1.807, 2.05) is 11.8 Å². The molecule has 104 valence electrons. The molecule has 0 heterocycles. The first-order chi connectivity index (χ1) is 8.18. The van der Waals surface area contributed by atoms with Crippen LogP contribution in [0.3, 0.4) is 0 Å². The smallest absolute Gasteiger partial charge is 0.00162 e. The topological polar surface area (TPSA) is 0 Å². The zero-order valence-corrected chi connectivity index (χ0v) is 13.5. The summed E-state index contributed by atoms with van der Waals surface area (Å²) in [5.74, 6) is 1.35. The summed E-state index contributed by atoms with van der Waals surface area (Å²) >= 11 is 2.04. The van der Waals surface area contributed by atoms with Gasteiger partial charge < -0.3 is 0 Å². The molecule has 0 unspecified atom stereocenters. The van der Waals surface area contributed by atoms with Crippen molar-refractivity contribution in [3.63, 3.8) is 0 Å². The van der Waals surface area contributed by atoms with Gasteiger partial charge in [0.05, 0.1) is 0 Å². The van der Waals surface area contributed by atoms with E-state index in [-0.39, 0.29) is 0 Å². The SMILES string of the molecule is CCCCCCC(C)(CCCCCC)CSC. The van der Waals surface area contributed by atoms with Crippen LogP contribution in [-0.4, -0.2) is 12.0 Å². The van der Waals surface area contributed by atoms with Crippen LogP contribution >= 0.6 is 11.8 Å². The van der Waals surface area contributed by atoms with Gasteiger partial charge in [-0.2, -0.15) is 11.8 Å². The Labute approximate surface area is 114 Å². The molecule has 17 heavy (non-hydrogen) atoms. The molecule has 0 amide bonds. The van der Waals surface area contributed by atoms with Crippen LogP contribution in [0.15, 0.2) is 0 Å². The molecule has 0 aromatic carbocycles. The van der Waals surface area contributed by atoms with Crippen molar-refractivity contribution >= 4 is 11.8 Å². The van der Waals surface area contributed by atoms with Gasteiger partial charge in [0.1, 0.15) is 0 Å². The molecule has 0 aliphatic rings. The van der Waals surface area contributed by atoms with Crippen molar-refractivity contribution < 1.29 is 0 Å². The fraction of sp³-hybridized carbons (Fsp3) is 1.00. The summed E-state index contributed by atoms with van der Waals surface area (Å²) in [4.78, 5) is 0. The molecule has 0 spiro atoms. The first kappa shape index (κ1) is 17.4. The molecule has 0 aromatic rings. The van der Waals surface area contributed by atoms with Crippen LogP contribution < -0.4 is 0 Å². The second-order valence-corrected chi connectivity index (χ2v) is 6.73. The van der Waals surface area contributed by atoms with E-state index in [0.717, 1.165) is 0 Å². The van der Waals surface area contributed by atoms with Crippen molar-refractivity contribution in [2.45, 2.75) is 85.0 Å².